The summed E-state index contributed by atoms with van der Waals surface area (Å²) in [5.74, 6) is -15.4. The Balaban J connectivity index is 1.50. The van der Waals surface area contributed by atoms with Crippen LogP contribution in [0.5, 0.6) is 5.75 Å². The van der Waals surface area contributed by atoms with Gasteiger partial charge in [-0.3, -0.25) is 67.1 Å². The molecule has 0 saturated carbocycles. The lowest BCUT2D eigenvalue weighted by Gasteiger charge is -2.34. The van der Waals surface area contributed by atoms with Crippen LogP contribution in [0.25, 0.3) is 0 Å². The third-order valence-electron chi connectivity index (χ3n) is 16.9. The van der Waals surface area contributed by atoms with Gasteiger partial charge < -0.3 is 95.5 Å². The summed E-state index contributed by atoms with van der Waals surface area (Å²) in [6.45, 7) is 15.1. The minimum atomic E-state index is -1.79. The minimum absolute atomic E-state index is 0.0408. The number of phenols is 1. The Morgan fingerprint density at radius 3 is 1.39 bits per heavy atom. The molecule has 1 aromatic carbocycles. The van der Waals surface area contributed by atoms with Gasteiger partial charge in [-0.05, 0) is 112 Å². The van der Waals surface area contributed by atoms with Gasteiger partial charge in [0.25, 0.3) is 0 Å². The molecule has 19 N–H and O–H groups in total. The van der Waals surface area contributed by atoms with E-state index >= 15 is 0 Å². The highest BCUT2D eigenvalue weighted by atomic mass is 16.4. The quantitative estimate of drug-likeness (QED) is 0.0306. The second-order valence-electron chi connectivity index (χ2n) is 26.9. The van der Waals surface area contributed by atoms with Crippen molar-refractivity contribution in [3.05, 3.63) is 29.8 Å². The number of nitrogens with two attached hydrogens (primary N) is 4. The molecule has 3 heterocycles. The molecule has 4 rings (SSSR count). The van der Waals surface area contributed by atoms with Crippen LogP contribution in [0.15, 0.2) is 24.3 Å². The number of aliphatic hydroxyl groups excluding tert-OH is 1. The monoisotopic (exact) mass is 1370 g/mol. The van der Waals surface area contributed by atoms with Crippen molar-refractivity contribution in [2.75, 3.05) is 19.6 Å². The van der Waals surface area contributed by atoms with Crippen LogP contribution in [0.2, 0.25) is 0 Å². The number of aromatic hydroxyl groups is 1. The maximum absolute atomic E-state index is 14.5. The molecule has 33 nitrogen and oxygen atoms in total. The number of carbonyl (C=O) groups excluding carboxylic acids is 14. The molecule has 13 atom stereocenters. The predicted octanol–water partition coefficient (Wildman–Crippen LogP) is -3.61. The number of primary amides is 3. The fraction of sp³-hybridized carbons (Fsp3) is 0.672. The van der Waals surface area contributed by atoms with Gasteiger partial charge in [0, 0.05) is 32.5 Å². The van der Waals surface area contributed by atoms with E-state index in [2.05, 4.69) is 42.5 Å². The van der Waals surface area contributed by atoms with E-state index < -0.39 is 199 Å². The lowest BCUT2D eigenvalue weighted by molar-refractivity contribution is -0.149. The molecule has 0 bridgehead atoms. The molecule has 97 heavy (non-hydrogen) atoms. The van der Waals surface area contributed by atoms with Crippen LogP contribution in [-0.2, 0) is 78.3 Å². The normalized spacial score (nSPS) is 19.2. The van der Waals surface area contributed by atoms with E-state index in [0.717, 1.165) is 4.90 Å². The number of aliphatic hydroxyl groups is 1. The Labute approximate surface area is 563 Å². The smallest absolute Gasteiger partial charge is 0.326 e. The molecule has 0 unspecified atom stereocenters. The van der Waals surface area contributed by atoms with Gasteiger partial charge >= 0.3 is 5.97 Å². The molecule has 3 aliphatic heterocycles. The van der Waals surface area contributed by atoms with E-state index in [9.17, 15) is 87.2 Å². The average molecular weight is 1370 g/mol. The summed E-state index contributed by atoms with van der Waals surface area (Å²) in [6.07, 6.45) is -2.63. The summed E-state index contributed by atoms with van der Waals surface area (Å²) in [5, 5.41) is 50.4. The number of carboxylic acid groups (broad SMARTS) is 1. The first-order chi connectivity index (χ1) is 45.4. The zero-order valence-electron chi connectivity index (χ0n) is 56.8. The molecule has 33 heteroatoms. The summed E-state index contributed by atoms with van der Waals surface area (Å²) >= 11 is 0. The number of benzene rings is 1. The number of phenolic OH excluding ortho intramolecular Hbond substituents is 1. The maximum Gasteiger partial charge on any atom is 0.326 e. The highest BCUT2D eigenvalue weighted by Crippen LogP contribution is 2.27. The minimum Gasteiger partial charge on any atom is -0.508 e. The molecule has 3 saturated heterocycles. The standard InChI is InChI=1S/C64H101N15O18/c1-31(2)25-38(65)53(85)76-52(35(9)80)63(95)79-24-12-15-47(79)62(94)78-23-11-14-46(78)59(91)71-42(29-49(67)83)57(89)69-39(20-21-48(66)82)54(86)75-51(34(7)8)60(92)72-41(27-33(5)6)55(87)73-43(30-50(68)84)61(93)77-22-10-13-45(77)58(90)70-40(26-32(3)4)56(88)74-44(64(96)97)28-36-16-18-37(81)19-17-36/h16-19,31-35,38-47,51-52,80-81H,10-15,20-30,65H2,1-9H3,(H2,66,82)(H2,67,83)(H2,68,84)(H,69,89)(H,70,90)(H,71,91)(H,72,92)(H,73,87)(H,74,88)(H,75,86)(H,76,85)(H,96,97)/t35-,38+,39+,40+,41+,42+,43+,44+,45+,46+,47+,51+,52+/m1/s1. The summed E-state index contributed by atoms with van der Waals surface area (Å²) in [4.78, 5) is 208. The molecular formula is C64H101N15O18. The second kappa shape index (κ2) is 37.5. The first kappa shape index (κ1) is 80.4. The third-order valence-corrected chi connectivity index (χ3v) is 16.9. The summed E-state index contributed by atoms with van der Waals surface area (Å²) < 4.78 is 0. The lowest BCUT2D eigenvalue weighted by Crippen LogP contribution is -2.61. The van der Waals surface area contributed by atoms with Crippen molar-refractivity contribution < 1.29 is 87.2 Å². The van der Waals surface area contributed by atoms with Crippen LogP contribution in [0.1, 0.15) is 151 Å². The van der Waals surface area contributed by atoms with Crippen LogP contribution in [0.3, 0.4) is 0 Å². The van der Waals surface area contributed by atoms with E-state index in [1.807, 2.05) is 13.8 Å². The van der Waals surface area contributed by atoms with Crippen LogP contribution >= 0.6 is 0 Å². The van der Waals surface area contributed by atoms with Gasteiger partial charge in [-0.25, -0.2) is 4.79 Å². The van der Waals surface area contributed by atoms with E-state index in [1.54, 1.807) is 27.7 Å². The average Bonchev–Trinajstić information content (AvgIpc) is 1.73. The molecule has 0 spiro atoms. The highest BCUT2D eigenvalue weighted by molar-refractivity contribution is 6.01. The topological polar surface area (TPSA) is 527 Å². The Kier molecular flexibility index (Phi) is 31.1. The van der Waals surface area contributed by atoms with Crippen molar-refractivity contribution in [2.24, 2.45) is 46.6 Å². The van der Waals surface area contributed by atoms with E-state index in [0.29, 0.717) is 24.8 Å². The van der Waals surface area contributed by atoms with Gasteiger partial charge in [0.05, 0.1) is 25.0 Å². The molecule has 1 aromatic rings. The van der Waals surface area contributed by atoms with Crippen LogP contribution in [0.4, 0.5) is 0 Å². The van der Waals surface area contributed by atoms with Gasteiger partial charge in [-0.1, -0.05) is 67.5 Å². The Morgan fingerprint density at radius 1 is 0.474 bits per heavy atom. The SMILES string of the molecule is CC(C)C[C@H](NC(=O)[C@@H](NC(=O)[C@H](CCC(N)=O)NC(=O)[C@H](CC(N)=O)NC(=O)[C@@H]1CCCN1C(=O)[C@@H]1CCCN1C(=O)[C@@H](NC(=O)[C@@H](N)CC(C)C)[C@@H](C)O)C(C)C)C(=O)N[C@@H](CC(N)=O)C(=O)N1CCC[C@H]1C(=O)N[C@@H](CC(C)C)C(=O)N[C@@H](Cc1ccc(O)cc1)C(=O)O. The second-order valence-corrected chi connectivity index (χ2v) is 26.9. The van der Waals surface area contributed by atoms with Crippen molar-refractivity contribution in [1.29, 1.82) is 0 Å². The van der Waals surface area contributed by atoms with E-state index in [-0.39, 0.29) is 88.1 Å². The number of nitrogens with zero attached hydrogens (tertiary/aromatic N) is 3. The van der Waals surface area contributed by atoms with E-state index in [1.165, 1.54) is 54.8 Å². The van der Waals surface area contributed by atoms with Crippen molar-refractivity contribution >= 4 is 88.7 Å². The highest BCUT2D eigenvalue weighted by Gasteiger charge is 2.46. The van der Waals surface area contributed by atoms with Crippen LogP contribution < -0.4 is 65.5 Å². The molecular weight excluding hydrogens is 1270 g/mol. The fourth-order valence-corrected chi connectivity index (χ4v) is 12.0. The first-order valence-corrected chi connectivity index (χ1v) is 33.0. The Morgan fingerprint density at radius 2 is 0.897 bits per heavy atom. The van der Waals surface area contributed by atoms with Gasteiger partial charge in [-0.15, -0.1) is 0 Å². The summed E-state index contributed by atoms with van der Waals surface area (Å²) in [7, 11) is 0. The summed E-state index contributed by atoms with van der Waals surface area (Å²) in [6, 6.07) is -11.2. The number of rotatable bonds is 37. The zero-order chi connectivity index (χ0) is 72.9. The largest absolute Gasteiger partial charge is 0.508 e. The number of hydrogen-bond donors (Lipinski definition) is 15. The zero-order valence-corrected chi connectivity index (χ0v) is 56.8. The molecule has 540 valence electrons. The van der Waals surface area contributed by atoms with Gasteiger partial charge in [0.2, 0.25) is 82.7 Å². The lowest BCUT2D eigenvalue weighted by atomic mass is 9.98. The van der Waals surface area contributed by atoms with Gasteiger partial charge in [0.1, 0.15) is 72.2 Å². The molecule has 0 radical (unpaired) electrons. The van der Waals surface area contributed by atoms with Gasteiger partial charge in [-0.2, -0.15) is 0 Å². The number of amides is 14. The number of carboxylic acids is 1. The van der Waals surface area contributed by atoms with Crippen molar-refractivity contribution in [3.8, 4) is 5.75 Å². The third kappa shape index (κ3) is 24.5. The molecule has 0 aliphatic carbocycles. The number of carbonyl (C=O) groups is 15. The van der Waals surface area contributed by atoms with Crippen molar-refractivity contribution in [1.82, 2.24) is 57.2 Å². The molecule has 3 fully saturated rings. The van der Waals surface area contributed by atoms with Crippen LogP contribution in [-0.4, -0.2) is 217 Å². The number of aliphatic carboxylic acids is 1. The predicted molar refractivity (Wildman–Crippen MR) is 348 cm³/mol. The number of likely N-dealkylation sites (tertiary alicyclic amines) is 3. The van der Waals surface area contributed by atoms with E-state index in [4.69, 9.17) is 22.9 Å². The molecule has 0 aromatic heterocycles. The fourth-order valence-electron chi connectivity index (χ4n) is 12.0. The maximum atomic E-state index is 14.5. The number of nitrogens with one attached hydrogen (secondary N) is 8. The molecule has 3 aliphatic rings. The van der Waals surface area contributed by atoms with Crippen molar-refractivity contribution in [2.45, 2.75) is 231 Å². The first-order valence-electron chi connectivity index (χ1n) is 33.0. The Bertz CT molecular complexity index is 3020. The van der Waals surface area contributed by atoms with Crippen molar-refractivity contribution in [3.63, 3.8) is 0 Å². The van der Waals surface area contributed by atoms with Gasteiger partial charge in [0.15, 0.2) is 0 Å². The summed E-state index contributed by atoms with van der Waals surface area (Å²) in [5.41, 5.74) is 23.1. The Hall–Kier alpha value is -9.01. The molecule has 14 amide bonds. The number of hydrogen-bond acceptors (Lipinski definition) is 18. The van der Waals surface area contributed by atoms with Crippen LogP contribution in [0, 0.1) is 23.7 Å².